The van der Waals surface area contributed by atoms with Crippen molar-refractivity contribution < 1.29 is 48.9 Å². The number of carbonyl (C=O) groups is 1. The van der Waals surface area contributed by atoms with Crippen molar-refractivity contribution >= 4 is 12.0 Å². The fourth-order valence-electron chi connectivity index (χ4n) is 2.75. The van der Waals surface area contributed by atoms with Gasteiger partial charge in [-0.15, -0.1) is 0 Å². The van der Waals surface area contributed by atoms with Gasteiger partial charge >= 0.3 is 5.97 Å². The summed E-state index contributed by atoms with van der Waals surface area (Å²) in [4.78, 5) is 11.5. The molecule has 5 atom stereocenters. The van der Waals surface area contributed by atoms with E-state index in [1.54, 1.807) is 19.1 Å². The van der Waals surface area contributed by atoms with Crippen LogP contribution in [0.5, 0.6) is 17.2 Å². The van der Waals surface area contributed by atoms with E-state index in [0.717, 1.165) is 0 Å². The maximum Gasteiger partial charge on any atom is 0.330 e. The molecule has 29 heavy (non-hydrogen) atoms. The van der Waals surface area contributed by atoms with Gasteiger partial charge in [-0.25, -0.2) is 4.79 Å². The minimum absolute atomic E-state index is 0.0626. The molecular weight excluding hydrogens is 388 g/mol. The molecule has 0 aromatic heterocycles. The van der Waals surface area contributed by atoms with Crippen LogP contribution in [-0.4, -0.2) is 84.5 Å². The summed E-state index contributed by atoms with van der Waals surface area (Å²) in [6.45, 7) is 1.36. The van der Waals surface area contributed by atoms with Crippen molar-refractivity contribution in [3.8, 4) is 17.2 Å². The number of methoxy groups -OCH3 is 2. The van der Waals surface area contributed by atoms with E-state index >= 15 is 0 Å². The van der Waals surface area contributed by atoms with Crippen LogP contribution in [-0.2, 0) is 14.3 Å². The number of aliphatic hydroxyl groups is 4. The van der Waals surface area contributed by atoms with Crippen LogP contribution in [0.4, 0.5) is 0 Å². The monoisotopic (exact) mass is 414 g/mol. The summed E-state index contributed by atoms with van der Waals surface area (Å²) in [6.07, 6.45) is -4.47. The number of ether oxygens (including phenoxy) is 5. The molecule has 1 saturated heterocycles. The molecule has 1 aliphatic heterocycles. The van der Waals surface area contributed by atoms with E-state index in [1.807, 2.05) is 0 Å². The van der Waals surface area contributed by atoms with Crippen LogP contribution in [0.1, 0.15) is 12.5 Å². The smallest absolute Gasteiger partial charge is 0.330 e. The molecule has 10 heteroatoms. The lowest BCUT2D eigenvalue weighted by molar-refractivity contribution is -0.277. The van der Waals surface area contributed by atoms with Crippen molar-refractivity contribution in [3.05, 3.63) is 23.8 Å². The van der Waals surface area contributed by atoms with Crippen LogP contribution in [0.15, 0.2) is 18.2 Å². The summed E-state index contributed by atoms with van der Waals surface area (Å²) in [5.41, 5.74) is 0.549. The molecule has 1 aliphatic rings. The Bertz CT molecular complexity index is 692. The lowest BCUT2D eigenvalue weighted by Gasteiger charge is -2.39. The first-order valence-corrected chi connectivity index (χ1v) is 8.94. The van der Waals surface area contributed by atoms with Crippen molar-refractivity contribution in [1.82, 2.24) is 0 Å². The van der Waals surface area contributed by atoms with Gasteiger partial charge in [0, 0.05) is 6.08 Å². The second-order valence-electron chi connectivity index (χ2n) is 6.16. The van der Waals surface area contributed by atoms with Gasteiger partial charge in [0.25, 0.3) is 0 Å². The van der Waals surface area contributed by atoms with E-state index in [-0.39, 0.29) is 23.9 Å². The third-order valence-electron chi connectivity index (χ3n) is 4.26. The first-order chi connectivity index (χ1) is 13.9. The fourth-order valence-corrected chi connectivity index (χ4v) is 2.75. The molecular formula is C19H26O10. The molecule has 0 spiro atoms. The molecule has 1 aromatic carbocycles. The highest BCUT2D eigenvalue weighted by Gasteiger charge is 2.45. The second-order valence-corrected chi connectivity index (χ2v) is 6.16. The largest absolute Gasteiger partial charge is 0.493 e. The molecule has 0 radical (unpaired) electrons. The highest BCUT2D eigenvalue weighted by Crippen LogP contribution is 2.40. The molecule has 0 saturated carbocycles. The molecule has 0 amide bonds. The maximum atomic E-state index is 11.5. The summed E-state index contributed by atoms with van der Waals surface area (Å²) in [7, 11) is 2.77. The molecule has 4 N–H and O–H groups in total. The Hall–Kier alpha value is -2.37. The number of esters is 1. The summed E-state index contributed by atoms with van der Waals surface area (Å²) < 4.78 is 26.5. The summed E-state index contributed by atoms with van der Waals surface area (Å²) >= 11 is 0. The Kier molecular flexibility index (Phi) is 8.23. The van der Waals surface area contributed by atoms with E-state index in [2.05, 4.69) is 0 Å². The van der Waals surface area contributed by atoms with Crippen molar-refractivity contribution in [2.45, 2.75) is 37.6 Å². The van der Waals surface area contributed by atoms with E-state index in [0.29, 0.717) is 5.56 Å². The van der Waals surface area contributed by atoms with Gasteiger partial charge in [-0.3, -0.25) is 0 Å². The fraction of sp³-hybridized carbons (Fsp3) is 0.526. The Labute approximate surface area is 167 Å². The molecule has 0 bridgehead atoms. The van der Waals surface area contributed by atoms with Crippen molar-refractivity contribution in [2.24, 2.45) is 0 Å². The van der Waals surface area contributed by atoms with E-state index in [4.69, 9.17) is 23.7 Å². The molecule has 162 valence electrons. The van der Waals surface area contributed by atoms with Gasteiger partial charge in [0.2, 0.25) is 12.0 Å². The van der Waals surface area contributed by atoms with Crippen LogP contribution in [0.3, 0.4) is 0 Å². The molecule has 10 nitrogen and oxygen atoms in total. The zero-order valence-electron chi connectivity index (χ0n) is 16.3. The number of hydrogen-bond acceptors (Lipinski definition) is 10. The lowest BCUT2D eigenvalue weighted by Crippen LogP contribution is -2.60. The van der Waals surface area contributed by atoms with Crippen LogP contribution < -0.4 is 14.2 Å². The number of benzene rings is 1. The number of carbonyl (C=O) groups excluding carboxylic acids is 1. The number of rotatable bonds is 8. The van der Waals surface area contributed by atoms with Gasteiger partial charge in [0.05, 0.1) is 27.4 Å². The van der Waals surface area contributed by atoms with Crippen LogP contribution in [0.25, 0.3) is 6.08 Å². The topological polar surface area (TPSA) is 144 Å². The Morgan fingerprint density at radius 2 is 1.72 bits per heavy atom. The zero-order chi connectivity index (χ0) is 21.6. The Morgan fingerprint density at radius 3 is 2.24 bits per heavy atom. The highest BCUT2D eigenvalue weighted by atomic mass is 16.7. The van der Waals surface area contributed by atoms with Gasteiger partial charge in [-0.2, -0.15) is 0 Å². The van der Waals surface area contributed by atoms with Crippen LogP contribution >= 0.6 is 0 Å². The van der Waals surface area contributed by atoms with E-state index in [9.17, 15) is 25.2 Å². The normalized spacial score (nSPS) is 26.9. The van der Waals surface area contributed by atoms with Gasteiger partial charge < -0.3 is 44.1 Å². The van der Waals surface area contributed by atoms with Crippen LogP contribution in [0, 0.1) is 0 Å². The average molecular weight is 414 g/mol. The number of aliphatic hydroxyl groups excluding tert-OH is 4. The summed E-state index contributed by atoms with van der Waals surface area (Å²) in [6, 6.07) is 3.11. The Morgan fingerprint density at radius 1 is 1.10 bits per heavy atom. The average Bonchev–Trinajstić information content (AvgIpc) is 2.72. The molecule has 1 heterocycles. The number of hydrogen-bond donors (Lipinski definition) is 4. The molecule has 0 aliphatic carbocycles. The first-order valence-electron chi connectivity index (χ1n) is 8.94. The third-order valence-corrected chi connectivity index (χ3v) is 4.26. The highest BCUT2D eigenvalue weighted by molar-refractivity contribution is 5.87. The molecule has 2 rings (SSSR count). The maximum absolute atomic E-state index is 11.5. The van der Waals surface area contributed by atoms with Gasteiger partial charge in [-0.05, 0) is 30.7 Å². The van der Waals surface area contributed by atoms with Gasteiger partial charge in [-0.1, -0.05) is 0 Å². The minimum atomic E-state index is -1.59. The predicted molar refractivity (Wildman–Crippen MR) is 99.6 cm³/mol. The SMILES string of the molecule is CCOC(=O)C=Cc1cc(OC)c(O[C@@H]2O[C@H](CO)[C@@H](O)[C@H](O)[C@H]2O)c(OC)c1. The second kappa shape index (κ2) is 10.4. The lowest BCUT2D eigenvalue weighted by atomic mass is 9.99. The summed E-state index contributed by atoms with van der Waals surface area (Å²) in [5.74, 6) is -0.0469. The van der Waals surface area contributed by atoms with Crippen molar-refractivity contribution in [2.75, 3.05) is 27.4 Å². The summed E-state index contributed by atoms with van der Waals surface area (Å²) in [5, 5.41) is 39.3. The van der Waals surface area contributed by atoms with Crippen molar-refractivity contribution in [3.63, 3.8) is 0 Å². The first kappa shape index (κ1) is 22.9. The minimum Gasteiger partial charge on any atom is -0.493 e. The Balaban J connectivity index is 2.31. The molecule has 1 fully saturated rings. The quantitative estimate of drug-likeness (QED) is 0.323. The van der Waals surface area contributed by atoms with Crippen LogP contribution in [0.2, 0.25) is 0 Å². The van der Waals surface area contributed by atoms with Crippen molar-refractivity contribution in [1.29, 1.82) is 0 Å². The standard InChI is InChI=1S/C19H26O10/c1-4-27-14(21)6-5-10-7-11(25-2)18(12(8-10)26-3)29-19-17(24)16(23)15(22)13(9-20)28-19/h5-8,13,15-17,19-20,22-24H,4,9H2,1-3H3/t13-,15-,16+,17-,19+/m1/s1. The molecule has 0 unspecified atom stereocenters. The third kappa shape index (κ3) is 5.37. The van der Waals surface area contributed by atoms with E-state index in [1.165, 1.54) is 26.4 Å². The van der Waals surface area contributed by atoms with Gasteiger partial charge in [0.1, 0.15) is 24.4 Å². The van der Waals surface area contributed by atoms with Gasteiger partial charge in [0.15, 0.2) is 11.5 Å². The van der Waals surface area contributed by atoms with E-state index < -0.39 is 43.3 Å². The molecule has 1 aromatic rings. The zero-order valence-corrected chi connectivity index (χ0v) is 16.3. The predicted octanol–water partition coefficient (Wildman–Crippen LogP) is -0.541.